The molecule has 2 rings (SSSR count). The lowest BCUT2D eigenvalue weighted by Crippen LogP contribution is -2.55. The molecule has 0 N–H and O–H groups in total. The van der Waals surface area contributed by atoms with Crippen LogP contribution in [0.1, 0.15) is 33.6 Å². The second-order valence-electron chi connectivity index (χ2n) is 4.87. The molecule has 0 spiro atoms. The molecule has 13 heavy (non-hydrogen) atoms. The molecule has 0 saturated carbocycles. The van der Waals surface area contributed by atoms with Crippen molar-refractivity contribution < 1.29 is 4.79 Å². The predicted molar refractivity (Wildman–Crippen MR) is 50.9 cm³/mol. The first-order valence-electron chi connectivity index (χ1n) is 5.11. The molecular weight excluding hydrogens is 164 g/mol. The van der Waals surface area contributed by atoms with Crippen LogP contribution in [0.3, 0.4) is 0 Å². The van der Waals surface area contributed by atoms with Crippen molar-refractivity contribution in [3.05, 3.63) is 0 Å². The maximum atomic E-state index is 12.0. The molecule has 1 atom stereocenters. The third kappa shape index (κ3) is 1.26. The number of hydrogen-bond acceptors (Lipinski definition) is 2. The maximum Gasteiger partial charge on any atom is 0.242 e. The summed E-state index contributed by atoms with van der Waals surface area (Å²) < 4.78 is 0. The second kappa shape index (κ2) is 2.71. The van der Waals surface area contributed by atoms with Crippen LogP contribution in [0.4, 0.5) is 0 Å². The van der Waals surface area contributed by atoms with Gasteiger partial charge in [0.1, 0.15) is 0 Å². The van der Waals surface area contributed by atoms with Crippen molar-refractivity contribution in [1.82, 2.24) is 10.0 Å². The minimum atomic E-state index is -0.144. The molecule has 0 aromatic carbocycles. The van der Waals surface area contributed by atoms with E-state index in [1.54, 1.807) is 0 Å². The van der Waals surface area contributed by atoms with Gasteiger partial charge in [-0.2, -0.15) is 0 Å². The van der Waals surface area contributed by atoms with Crippen LogP contribution < -0.4 is 0 Å². The monoisotopic (exact) mass is 182 g/mol. The van der Waals surface area contributed by atoms with Crippen LogP contribution in [0.2, 0.25) is 0 Å². The second-order valence-corrected chi connectivity index (χ2v) is 4.87. The largest absolute Gasteiger partial charge is 0.273 e. The fraction of sp³-hybridized carbons (Fsp3) is 0.900. The Morgan fingerprint density at radius 1 is 1.38 bits per heavy atom. The van der Waals surface area contributed by atoms with Gasteiger partial charge >= 0.3 is 0 Å². The van der Waals surface area contributed by atoms with Gasteiger partial charge < -0.3 is 0 Å². The van der Waals surface area contributed by atoms with Crippen LogP contribution in [0.25, 0.3) is 0 Å². The lowest BCUT2D eigenvalue weighted by Gasteiger charge is -2.42. The summed E-state index contributed by atoms with van der Waals surface area (Å²) in [4.78, 5) is 12.0. The molecule has 74 valence electrons. The minimum Gasteiger partial charge on any atom is -0.273 e. The highest BCUT2D eigenvalue weighted by atomic mass is 16.2. The molecule has 0 aromatic rings. The van der Waals surface area contributed by atoms with Crippen LogP contribution in [0.5, 0.6) is 0 Å². The minimum absolute atomic E-state index is 0.144. The number of amides is 1. The van der Waals surface area contributed by atoms with Gasteiger partial charge in [0, 0.05) is 24.5 Å². The molecule has 1 amide bonds. The van der Waals surface area contributed by atoms with E-state index in [-0.39, 0.29) is 5.41 Å². The zero-order valence-electron chi connectivity index (χ0n) is 8.71. The van der Waals surface area contributed by atoms with Crippen molar-refractivity contribution in [2.24, 2.45) is 5.41 Å². The van der Waals surface area contributed by atoms with Gasteiger partial charge in [0.05, 0.1) is 0 Å². The van der Waals surface area contributed by atoms with Gasteiger partial charge in [-0.3, -0.25) is 9.80 Å². The van der Waals surface area contributed by atoms with E-state index in [4.69, 9.17) is 0 Å². The van der Waals surface area contributed by atoms with Gasteiger partial charge in [0.2, 0.25) is 5.91 Å². The lowest BCUT2D eigenvalue weighted by molar-refractivity contribution is -0.166. The Morgan fingerprint density at radius 3 is 2.77 bits per heavy atom. The van der Waals surface area contributed by atoms with Crippen molar-refractivity contribution in [1.29, 1.82) is 0 Å². The lowest BCUT2D eigenvalue weighted by atomic mass is 9.86. The molecule has 0 aliphatic carbocycles. The van der Waals surface area contributed by atoms with E-state index < -0.39 is 0 Å². The first-order chi connectivity index (χ1) is 6.02. The summed E-state index contributed by atoms with van der Waals surface area (Å²) in [6, 6.07) is 0.409. The fourth-order valence-corrected chi connectivity index (χ4v) is 2.22. The summed E-state index contributed by atoms with van der Waals surface area (Å²) in [5.74, 6) is 0.309. The normalized spacial score (nSPS) is 33.6. The number of rotatable bonds is 0. The van der Waals surface area contributed by atoms with Crippen LogP contribution >= 0.6 is 0 Å². The highest BCUT2D eigenvalue weighted by Gasteiger charge is 2.44. The Kier molecular flexibility index (Phi) is 1.88. The molecule has 2 heterocycles. The van der Waals surface area contributed by atoms with Gasteiger partial charge in [-0.1, -0.05) is 13.8 Å². The number of carbonyl (C=O) groups is 1. The zero-order valence-corrected chi connectivity index (χ0v) is 8.71. The Bertz CT molecular complexity index is 237. The number of carbonyl (C=O) groups excluding carboxylic acids is 1. The first kappa shape index (κ1) is 9.00. The van der Waals surface area contributed by atoms with Crippen LogP contribution in [-0.2, 0) is 4.79 Å². The Labute approximate surface area is 79.7 Å². The van der Waals surface area contributed by atoms with E-state index in [0.717, 1.165) is 25.9 Å². The van der Waals surface area contributed by atoms with E-state index in [9.17, 15) is 4.79 Å². The van der Waals surface area contributed by atoms with E-state index in [0.29, 0.717) is 11.9 Å². The van der Waals surface area contributed by atoms with Gasteiger partial charge in [-0.15, -0.1) is 0 Å². The molecule has 2 aliphatic heterocycles. The summed E-state index contributed by atoms with van der Waals surface area (Å²) in [6.07, 6.45) is 2.12. The van der Waals surface area contributed by atoms with E-state index >= 15 is 0 Å². The number of hydrazine groups is 1. The van der Waals surface area contributed by atoms with E-state index in [1.165, 1.54) is 0 Å². The number of fused-ring (bicyclic) bond motifs is 1. The highest BCUT2D eigenvalue weighted by Crippen LogP contribution is 2.34. The Hall–Kier alpha value is -0.570. The SMILES string of the molecule is C[C@H]1CCN2CCC(C)(C)C(=O)N12. The summed E-state index contributed by atoms with van der Waals surface area (Å²) >= 11 is 0. The molecule has 2 saturated heterocycles. The third-order valence-electron chi connectivity index (χ3n) is 3.31. The Morgan fingerprint density at radius 2 is 2.08 bits per heavy atom. The molecular formula is C10H18N2O. The number of nitrogens with zero attached hydrogens (tertiary/aromatic N) is 2. The standard InChI is InChI=1S/C10H18N2O/c1-8-4-6-11-7-5-10(2,3)9(13)12(8)11/h8H,4-7H2,1-3H3/t8-/m0/s1. The molecule has 2 fully saturated rings. The van der Waals surface area contributed by atoms with Crippen molar-refractivity contribution >= 4 is 5.91 Å². The molecule has 2 aliphatic rings. The topological polar surface area (TPSA) is 23.6 Å². The number of hydrogen-bond donors (Lipinski definition) is 0. The summed E-state index contributed by atoms with van der Waals surface area (Å²) in [6.45, 7) is 8.35. The fourth-order valence-electron chi connectivity index (χ4n) is 2.22. The van der Waals surface area contributed by atoms with Crippen molar-refractivity contribution in [2.45, 2.75) is 39.7 Å². The molecule has 0 bridgehead atoms. The average molecular weight is 182 g/mol. The molecule has 0 unspecified atom stereocenters. The van der Waals surface area contributed by atoms with Gasteiger partial charge in [0.25, 0.3) is 0 Å². The van der Waals surface area contributed by atoms with Gasteiger partial charge in [-0.05, 0) is 19.8 Å². The van der Waals surface area contributed by atoms with Crippen LogP contribution in [0, 0.1) is 5.41 Å². The highest BCUT2D eigenvalue weighted by molar-refractivity contribution is 5.82. The van der Waals surface area contributed by atoms with E-state index in [1.807, 2.05) is 5.01 Å². The summed E-state index contributed by atoms with van der Waals surface area (Å²) in [7, 11) is 0. The summed E-state index contributed by atoms with van der Waals surface area (Å²) in [5, 5.41) is 4.18. The smallest absolute Gasteiger partial charge is 0.242 e. The zero-order chi connectivity index (χ0) is 9.64. The van der Waals surface area contributed by atoms with Gasteiger partial charge in [0.15, 0.2) is 0 Å². The first-order valence-corrected chi connectivity index (χ1v) is 5.11. The quantitative estimate of drug-likeness (QED) is 0.563. The predicted octanol–water partition coefficient (Wildman–Crippen LogP) is 1.25. The van der Waals surface area contributed by atoms with Gasteiger partial charge in [-0.25, -0.2) is 5.01 Å². The van der Waals surface area contributed by atoms with Crippen LogP contribution in [-0.4, -0.2) is 35.1 Å². The van der Waals surface area contributed by atoms with E-state index in [2.05, 4.69) is 25.8 Å². The van der Waals surface area contributed by atoms with Crippen molar-refractivity contribution in [3.63, 3.8) is 0 Å². The van der Waals surface area contributed by atoms with Crippen LogP contribution in [0.15, 0.2) is 0 Å². The molecule has 0 radical (unpaired) electrons. The molecule has 3 nitrogen and oxygen atoms in total. The third-order valence-corrected chi connectivity index (χ3v) is 3.31. The summed E-state index contributed by atoms with van der Waals surface area (Å²) in [5.41, 5.74) is -0.144. The maximum absolute atomic E-state index is 12.0. The molecule has 0 aromatic heterocycles. The Balaban J connectivity index is 2.23. The average Bonchev–Trinajstić information content (AvgIpc) is 2.41. The van der Waals surface area contributed by atoms with Crippen molar-refractivity contribution in [2.75, 3.05) is 13.1 Å². The van der Waals surface area contributed by atoms with Crippen molar-refractivity contribution in [3.8, 4) is 0 Å². The molecule has 3 heteroatoms.